The second-order valence-corrected chi connectivity index (χ2v) is 4.63. The second kappa shape index (κ2) is 4.85. The molecule has 1 fully saturated rings. The molecular weight excluding hydrogens is 188 g/mol. The molecule has 3 heteroatoms. The summed E-state index contributed by atoms with van der Waals surface area (Å²) in [6.45, 7) is 1.79. The quantitative estimate of drug-likeness (QED) is 0.718. The van der Waals surface area contributed by atoms with Gasteiger partial charge in [-0.2, -0.15) is 0 Å². The van der Waals surface area contributed by atoms with Crippen molar-refractivity contribution in [3.63, 3.8) is 0 Å². The van der Waals surface area contributed by atoms with Crippen molar-refractivity contribution in [3.8, 4) is 0 Å². The monoisotopic (exact) mass is 204 g/mol. The van der Waals surface area contributed by atoms with Gasteiger partial charge in [-0.25, -0.2) is 0 Å². The number of carbonyl (C=O) groups is 1. The predicted molar refractivity (Wildman–Crippen MR) is 53.0 cm³/mol. The van der Waals surface area contributed by atoms with Gasteiger partial charge in [0.2, 0.25) is 0 Å². The predicted octanol–water partition coefficient (Wildman–Crippen LogP) is 2.89. The normalized spacial score (nSPS) is 23.8. The second-order valence-electron chi connectivity index (χ2n) is 3.94. The van der Waals surface area contributed by atoms with Gasteiger partial charge in [-0.05, 0) is 25.7 Å². The van der Waals surface area contributed by atoms with Gasteiger partial charge in [-0.3, -0.25) is 4.79 Å². The zero-order valence-electron chi connectivity index (χ0n) is 8.00. The van der Waals surface area contributed by atoms with Crippen molar-refractivity contribution < 1.29 is 9.90 Å². The summed E-state index contributed by atoms with van der Waals surface area (Å²) >= 11 is 5.89. The molecule has 13 heavy (non-hydrogen) atoms. The number of carboxylic acids is 1. The molecule has 0 aliphatic heterocycles. The fraction of sp³-hybridized carbons (Fsp3) is 0.900. The Hall–Kier alpha value is -0.240. The number of alkyl halides is 1. The smallest absolute Gasteiger partial charge is 0.308 e. The van der Waals surface area contributed by atoms with Crippen LogP contribution in [0.4, 0.5) is 0 Å². The lowest BCUT2D eigenvalue weighted by Crippen LogP contribution is -2.31. The molecule has 0 heterocycles. The molecule has 76 valence electrons. The van der Waals surface area contributed by atoms with E-state index >= 15 is 0 Å². The summed E-state index contributed by atoms with van der Waals surface area (Å²) in [6, 6.07) is 0. The van der Waals surface area contributed by atoms with Crippen molar-refractivity contribution in [2.24, 2.45) is 11.8 Å². The highest BCUT2D eigenvalue weighted by molar-refractivity contribution is 6.21. The Morgan fingerprint density at radius 3 is 2.31 bits per heavy atom. The highest BCUT2D eigenvalue weighted by Crippen LogP contribution is 2.33. The fourth-order valence-corrected chi connectivity index (χ4v) is 2.58. The lowest BCUT2D eigenvalue weighted by Gasteiger charge is -2.28. The van der Waals surface area contributed by atoms with E-state index in [9.17, 15) is 4.79 Å². The van der Waals surface area contributed by atoms with Crippen LogP contribution in [0, 0.1) is 11.8 Å². The molecule has 1 N–H and O–H groups in total. The minimum atomic E-state index is -0.727. The maximum absolute atomic E-state index is 11.0. The van der Waals surface area contributed by atoms with Crippen LogP contribution in [-0.4, -0.2) is 16.5 Å². The third kappa shape index (κ3) is 2.87. The Morgan fingerprint density at radius 2 is 1.92 bits per heavy atom. The van der Waals surface area contributed by atoms with Crippen LogP contribution in [0.1, 0.15) is 39.0 Å². The number of halogens is 1. The van der Waals surface area contributed by atoms with Crippen molar-refractivity contribution in [1.29, 1.82) is 0 Å². The van der Waals surface area contributed by atoms with Crippen molar-refractivity contribution in [2.45, 2.75) is 44.4 Å². The zero-order valence-corrected chi connectivity index (χ0v) is 8.76. The first-order valence-corrected chi connectivity index (χ1v) is 5.43. The summed E-state index contributed by atoms with van der Waals surface area (Å²) in [6.07, 6.45) is 5.65. The van der Waals surface area contributed by atoms with E-state index in [4.69, 9.17) is 16.7 Å². The van der Waals surface area contributed by atoms with E-state index in [0.29, 0.717) is 5.92 Å². The van der Waals surface area contributed by atoms with Crippen LogP contribution in [0.2, 0.25) is 0 Å². The average Bonchev–Trinajstić information content (AvgIpc) is 2.04. The van der Waals surface area contributed by atoms with Crippen molar-refractivity contribution in [1.82, 2.24) is 0 Å². The summed E-state index contributed by atoms with van der Waals surface area (Å²) in [5.41, 5.74) is 0. The van der Waals surface area contributed by atoms with Crippen LogP contribution < -0.4 is 0 Å². The van der Waals surface area contributed by atoms with Crippen LogP contribution in [0.15, 0.2) is 0 Å². The molecule has 1 saturated carbocycles. The molecule has 0 saturated heterocycles. The van der Waals surface area contributed by atoms with Crippen LogP contribution in [0.25, 0.3) is 0 Å². The van der Waals surface area contributed by atoms with Crippen molar-refractivity contribution in [3.05, 3.63) is 0 Å². The molecule has 0 bridgehead atoms. The van der Waals surface area contributed by atoms with Gasteiger partial charge in [-0.1, -0.05) is 19.3 Å². The Balaban J connectivity index is 2.57. The van der Waals surface area contributed by atoms with Gasteiger partial charge < -0.3 is 5.11 Å². The number of rotatable bonds is 3. The molecule has 2 nitrogen and oxygen atoms in total. The van der Waals surface area contributed by atoms with E-state index in [1.807, 2.05) is 0 Å². The van der Waals surface area contributed by atoms with E-state index < -0.39 is 5.97 Å². The number of aliphatic carboxylic acids is 1. The topological polar surface area (TPSA) is 37.3 Å². The van der Waals surface area contributed by atoms with E-state index in [0.717, 1.165) is 25.7 Å². The zero-order chi connectivity index (χ0) is 9.84. The third-order valence-corrected chi connectivity index (χ3v) is 3.21. The molecule has 1 aliphatic carbocycles. The fourth-order valence-electron chi connectivity index (χ4n) is 2.27. The summed E-state index contributed by atoms with van der Waals surface area (Å²) < 4.78 is 0. The van der Waals surface area contributed by atoms with E-state index in [-0.39, 0.29) is 11.3 Å². The standard InChI is InChI=1S/C10H17ClO2/c1-7(11)9(10(12)13)8-5-3-2-4-6-8/h7-9H,2-6H2,1H3,(H,12,13). The first kappa shape index (κ1) is 10.8. The molecule has 0 aromatic heterocycles. The molecule has 0 aromatic carbocycles. The lowest BCUT2D eigenvalue weighted by molar-refractivity contribution is -0.144. The number of carboxylic acid groups (broad SMARTS) is 1. The molecule has 0 aromatic rings. The lowest BCUT2D eigenvalue weighted by atomic mass is 9.79. The minimum absolute atomic E-state index is 0.249. The molecule has 1 aliphatic rings. The van der Waals surface area contributed by atoms with Crippen molar-refractivity contribution >= 4 is 17.6 Å². The molecule has 1 rings (SSSR count). The Labute approximate surface area is 84.3 Å². The van der Waals surface area contributed by atoms with Crippen LogP contribution in [0.3, 0.4) is 0 Å². The summed E-state index contributed by atoms with van der Waals surface area (Å²) in [5.74, 6) is -0.768. The van der Waals surface area contributed by atoms with Gasteiger partial charge in [-0.15, -0.1) is 11.6 Å². The van der Waals surface area contributed by atoms with Gasteiger partial charge in [0.15, 0.2) is 0 Å². The molecule has 2 atom stereocenters. The molecule has 2 unspecified atom stereocenters. The summed E-state index contributed by atoms with van der Waals surface area (Å²) in [7, 11) is 0. The molecule has 0 amide bonds. The van der Waals surface area contributed by atoms with E-state index in [2.05, 4.69) is 0 Å². The molecule has 0 radical (unpaired) electrons. The Morgan fingerprint density at radius 1 is 1.38 bits per heavy atom. The first-order valence-electron chi connectivity index (χ1n) is 5.00. The Kier molecular flexibility index (Phi) is 4.04. The summed E-state index contributed by atoms with van der Waals surface area (Å²) in [5, 5.41) is 8.76. The van der Waals surface area contributed by atoms with E-state index in [1.165, 1.54) is 6.42 Å². The van der Waals surface area contributed by atoms with Gasteiger partial charge in [0.05, 0.1) is 5.92 Å². The summed E-state index contributed by atoms with van der Waals surface area (Å²) in [4.78, 5) is 11.0. The maximum atomic E-state index is 11.0. The van der Waals surface area contributed by atoms with Crippen LogP contribution in [-0.2, 0) is 4.79 Å². The molecular formula is C10H17ClO2. The van der Waals surface area contributed by atoms with Gasteiger partial charge in [0, 0.05) is 5.38 Å². The van der Waals surface area contributed by atoms with Gasteiger partial charge in [0.1, 0.15) is 0 Å². The third-order valence-electron chi connectivity index (χ3n) is 2.94. The van der Waals surface area contributed by atoms with Gasteiger partial charge in [0.25, 0.3) is 0 Å². The van der Waals surface area contributed by atoms with Gasteiger partial charge >= 0.3 is 5.97 Å². The SMILES string of the molecule is CC(Cl)C(C(=O)O)C1CCCCC1. The highest BCUT2D eigenvalue weighted by atomic mass is 35.5. The first-order chi connectivity index (χ1) is 6.13. The highest BCUT2D eigenvalue weighted by Gasteiger charge is 2.32. The number of hydrogen-bond donors (Lipinski definition) is 1. The maximum Gasteiger partial charge on any atom is 0.308 e. The number of hydrogen-bond acceptors (Lipinski definition) is 1. The van der Waals surface area contributed by atoms with Crippen LogP contribution in [0.5, 0.6) is 0 Å². The van der Waals surface area contributed by atoms with E-state index in [1.54, 1.807) is 6.92 Å². The minimum Gasteiger partial charge on any atom is -0.481 e. The Bertz CT molecular complexity index is 174. The van der Waals surface area contributed by atoms with Crippen LogP contribution >= 0.6 is 11.6 Å². The largest absolute Gasteiger partial charge is 0.481 e. The molecule has 0 spiro atoms. The average molecular weight is 205 g/mol. The van der Waals surface area contributed by atoms with Crippen molar-refractivity contribution in [2.75, 3.05) is 0 Å².